The van der Waals surface area contributed by atoms with Crippen molar-refractivity contribution >= 4 is 51.0 Å². The van der Waals surface area contributed by atoms with E-state index in [-0.39, 0.29) is 11.2 Å². The average Bonchev–Trinajstić information content (AvgIpc) is 3.36. The van der Waals surface area contributed by atoms with Crippen LogP contribution in [-0.4, -0.2) is 36.9 Å². The van der Waals surface area contributed by atoms with E-state index in [0.29, 0.717) is 17.7 Å². The van der Waals surface area contributed by atoms with Crippen molar-refractivity contribution in [2.45, 2.75) is 79.5 Å². The van der Waals surface area contributed by atoms with Crippen molar-refractivity contribution < 1.29 is 4.79 Å². The zero-order valence-corrected chi connectivity index (χ0v) is 20.7. The summed E-state index contributed by atoms with van der Waals surface area (Å²) >= 11 is 4.88. The number of rotatable bonds is 8. The van der Waals surface area contributed by atoms with Crippen LogP contribution in [0.5, 0.6) is 0 Å². The first kappa shape index (κ1) is 22.6. The summed E-state index contributed by atoms with van der Waals surface area (Å²) in [5.74, 6) is 2.28. The lowest BCUT2D eigenvalue weighted by Gasteiger charge is -2.30. The molecule has 1 amide bonds. The summed E-state index contributed by atoms with van der Waals surface area (Å²) in [4.78, 5) is 17.5. The molecule has 1 saturated carbocycles. The Kier molecular flexibility index (Phi) is 7.55. The van der Waals surface area contributed by atoms with Gasteiger partial charge in [0.25, 0.3) is 0 Å². The van der Waals surface area contributed by atoms with Gasteiger partial charge in [0.05, 0.1) is 21.2 Å². The van der Waals surface area contributed by atoms with Crippen LogP contribution < -0.4 is 5.32 Å². The number of carbonyl (C=O) groups is 1. The van der Waals surface area contributed by atoms with Crippen molar-refractivity contribution in [1.82, 2.24) is 25.1 Å². The highest BCUT2D eigenvalue weighted by Crippen LogP contribution is 2.32. The fourth-order valence-corrected chi connectivity index (χ4v) is 6.86. The number of thioether (sulfide) groups is 2. The molecule has 3 unspecified atom stereocenters. The number of thiazole rings is 1. The molecule has 4 rings (SSSR count). The van der Waals surface area contributed by atoms with Gasteiger partial charge in [0.2, 0.25) is 5.91 Å². The molecule has 2 aromatic heterocycles. The number of benzene rings is 1. The summed E-state index contributed by atoms with van der Waals surface area (Å²) in [7, 11) is 0. The van der Waals surface area contributed by atoms with Crippen LogP contribution in [0.15, 0.2) is 33.8 Å². The van der Waals surface area contributed by atoms with E-state index in [2.05, 4.69) is 45.0 Å². The zero-order valence-electron chi connectivity index (χ0n) is 18.2. The van der Waals surface area contributed by atoms with Crippen LogP contribution in [0.3, 0.4) is 0 Å². The Morgan fingerprint density at radius 3 is 2.87 bits per heavy atom. The third-order valence-electron chi connectivity index (χ3n) is 5.80. The van der Waals surface area contributed by atoms with E-state index in [0.717, 1.165) is 33.8 Å². The molecule has 6 nitrogen and oxygen atoms in total. The summed E-state index contributed by atoms with van der Waals surface area (Å²) in [5, 5.41) is 12.7. The van der Waals surface area contributed by atoms with Gasteiger partial charge < -0.3 is 9.88 Å². The fourth-order valence-electron chi connectivity index (χ4n) is 3.91. The van der Waals surface area contributed by atoms with Gasteiger partial charge in [-0.3, -0.25) is 4.79 Å². The standard InChI is InChI=1S/C22H29N5OS3/c1-4-27-19(13-29-22-24-17-11-7-8-12-18(17)31-22)25-26-21(27)30-15(3)20(28)23-16-10-6-5-9-14(16)2/h7-8,11-12,14-16H,4-6,9-10,13H2,1-3H3,(H,23,28). The van der Waals surface area contributed by atoms with E-state index in [9.17, 15) is 4.79 Å². The van der Waals surface area contributed by atoms with Crippen molar-refractivity contribution in [2.75, 3.05) is 0 Å². The normalized spacial score (nSPS) is 20.1. The Hall–Kier alpha value is -1.58. The topological polar surface area (TPSA) is 72.7 Å². The van der Waals surface area contributed by atoms with Gasteiger partial charge in [0, 0.05) is 12.6 Å². The zero-order chi connectivity index (χ0) is 21.8. The molecule has 1 fully saturated rings. The largest absolute Gasteiger partial charge is 0.352 e. The van der Waals surface area contributed by atoms with Crippen molar-refractivity contribution in [2.24, 2.45) is 5.92 Å². The number of carbonyl (C=O) groups excluding carboxylic acids is 1. The highest BCUT2D eigenvalue weighted by Gasteiger charge is 2.26. The number of hydrogen-bond acceptors (Lipinski definition) is 7. The van der Waals surface area contributed by atoms with Gasteiger partial charge in [0.15, 0.2) is 9.50 Å². The number of fused-ring (bicyclic) bond motifs is 1. The molecule has 3 aromatic rings. The molecule has 0 bridgehead atoms. The van der Waals surface area contributed by atoms with E-state index in [4.69, 9.17) is 0 Å². The van der Waals surface area contributed by atoms with E-state index in [1.165, 1.54) is 35.7 Å². The average molecular weight is 476 g/mol. The first-order valence-electron chi connectivity index (χ1n) is 10.9. The molecule has 1 aromatic carbocycles. The molecule has 9 heteroatoms. The predicted molar refractivity (Wildman–Crippen MR) is 130 cm³/mol. The first-order chi connectivity index (χ1) is 15.0. The van der Waals surface area contributed by atoms with Gasteiger partial charge in [-0.05, 0) is 44.7 Å². The molecular weight excluding hydrogens is 446 g/mol. The van der Waals surface area contributed by atoms with Gasteiger partial charge in [-0.15, -0.1) is 21.5 Å². The molecular formula is C22H29N5OS3. The Labute approximate surface area is 196 Å². The number of nitrogens with zero attached hydrogens (tertiary/aromatic N) is 4. The third kappa shape index (κ3) is 5.43. The van der Waals surface area contributed by atoms with Crippen LogP contribution in [0.1, 0.15) is 52.3 Å². The van der Waals surface area contributed by atoms with Crippen LogP contribution in [-0.2, 0) is 17.1 Å². The molecule has 31 heavy (non-hydrogen) atoms. The van der Waals surface area contributed by atoms with Crippen molar-refractivity contribution in [3.63, 3.8) is 0 Å². The second kappa shape index (κ2) is 10.4. The van der Waals surface area contributed by atoms with E-state index in [1.807, 2.05) is 25.1 Å². The number of nitrogens with one attached hydrogen (secondary N) is 1. The monoisotopic (exact) mass is 475 g/mol. The minimum Gasteiger partial charge on any atom is -0.352 e. The highest BCUT2D eigenvalue weighted by atomic mass is 32.2. The fraction of sp³-hybridized carbons (Fsp3) is 0.545. The molecule has 0 spiro atoms. The van der Waals surface area contributed by atoms with Gasteiger partial charge in [-0.2, -0.15) is 0 Å². The smallest absolute Gasteiger partial charge is 0.233 e. The molecule has 0 radical (unpaired) electrons. The molecule has 0 saturated heterocycles. The Balaban J connectivity index is 1.37. The van der Waals surface area contributed by atoms with E-state index < -0.39 is 0 Å². The summed E-state index contributed by atoms with van der Waals surface area (Å²) in [6.45, 7) is 7.06. The third-order valence-corrected chi connectivity index (χ3v) is 9.06. The summed E-state index contributed by atoms with van der Waals surface area (Å²) in [6.07, 6.45) is 4.76. The Morgan fingerprint density at radius 1 is 1.29 bits per heavy atom. The van der Waals surface area contributed by atoms with E-state index in [1.54, 1.807) is 23.1 Å². The summed E-state index contributed by atoms with van der Waals surface area (Å²) in [6, 6.07) is 8.49. The number of para-hydroxylation sites is 1. The van der Waals surface area contributed by atoms with Crippen LogP contribution in [0.2, 0.25) is 0 Å². The minimum absolute atomic E-state index is 0.0970. The quantitative estimate of drug-likeness (QED) is 0.441. The lowest BCUT2D eigenvalue weighted by Crippen LogP contribution is -2.44. The molecule has 2 heterocycles. The van der Waals surface area contributed by atoms with Gasteiger partial charge in [0.1, 0.15) is 5.82 Å². The minimum atomic E-state index is -0.201. The second-order valence-corrected chi connectivity index (χ2v) is 11.6. The number of amides is 1. The SMILES string of the molecule is CCn1c(CSc2nc3ccccc3s2)nnc1SC(C)C(=O)NC1CCCCC1C. The lowest BCUT2D eigenvalue weighted by molar-refractivity contribution is -0.121. The maximum Gasteiger partial charge on any atom is 0.233 e. The Morgan fingerprint density at radius 2 is 2.10 bits per heavy atom. The Bertz CT molecular complexity index is 1000. The van der Waals surface area contributed by atoms with Crippen LogP contribution in [0.4, 0.5) is 0 Å². The molecule has 166 valence electrons. The van der Waals surface area contributed by atoms with Crippen molar-refractivity contribution in [1.29, 1.82) is 0 Å². The van der Waals surface area contributed by atoms with Crippen LogP contribution in [0, 0.1) is 5.92 Å². The predicted octanol–water partition coefficient (Wildman–Crippen LogP) is 5.38. The first-order valence-corrected chi connectivity index (χ1v) is 13.6. The molecule has 0 aliphatic heterocycles. The van der Waals surface area contributed by atoms with Crippen LogP contribution in [0.25, 0.3) is 10.2 Å². The lowest BCUT2D eigenvalue weighted by atomic mass is 9.86. The van der Waals surface area contributed by atoms with Crippen LogP contribution >= 0.6 is 34.9 Å². The molecule has 1 aliphatic carbocycles. The van der Waals surface area contributed by atoms with Crippen molar-refractivity contribution in [3.05, 3.63) is 30.1 Å². The van der Waals surface area contributed by atoms with Gasteiger partial charge in [-0.1, -0.05) is 55.4 Å². The van der Waals surface area contributed by atoms with Gasteiger partial charge >= 0.3 is 0 Å². The van der Waals surface area contributed by atoms with E-state index >= 15 is 0 Å². The maximum atomic E-state index is 12.8. The second-order valence-electron chi connectivity index (χ2n) is 8.02. The summed E-state index contributed by atoms with van der Waals surface area (Å²) in [5.41, 5.74) is 1.04. The van der Waals surface area contributed by atoms with Gasteiger partial charge in [-0.25, -0.2) is 4.98 Å². The molecule has 1 aliphatic rings. The maximum absolute atomic E-state index is 12.8. The highest BCUT2D eigenvalue weighted by molar-refractivity contribution is 8.00. The number of aromatic nitrogens is 4. The number of hydrogen-bond donors (Lipinski definition) is 1. The summed E-state index contributed by atoms with van der Waals surface area (Å²) < 4.78 is 4.35. The molecule has 3 atom stereocenters. The van der Waals surface area contributed by atoms with Crippen molar-refractivity contribution in [3.8, 4) is 0 Å². The molecule has 1 N–H and O–H groups in total.